The SMILES string of the molecule is Cc1nc([C@H]2OC3(CCOCC3I)c3c4c(nc(C(C)C)c32)CC(C)(C)CC4OC(C)C(C)(C)C)sc1C(C)(C)C. The molecule has 0 radical (unpaired) electrons. The van der Waals surface area contributed by atoms with Crippen molar-refractivity contribution in [2.24, 2.45) is 10.8 Å². The van der Waals surface area contributed by atoms with Gasteiger partial charge in [-0.3, -0.25) is 4.98 Å². The molecule has 5 rings (SSSR count). The fraction of sp³-hybridized carbons (Fsp3) is 0.765. The second kappa shape index (κ2) is 10.8. The fourth-order valence-electron chi connectivity index (χ4n) is 6.87. The van der Waals surface area contributed by atoms with Crippen LogP contribution >= 0.6 is 33.9 Å². The highest BCUT2D eigenvalue weighted by Crippen LogP contribution is 2.60. The van der Waals surface area contributed by atoms with Gasteiger partial charge in [0.2, 0.25) is 0 Å². The van der Waals surface area contributed by atoms with Gasteiger partial charge >= 0.3 is 0 Å². The van der Waals surface area contributed by atoms with Gasteiger partial charge in [0.1, 0.15) is 16.7 Å². The van der Waals surface area contributed by atoms with E-state index in [0.717, 1.165) is 30.0 Å². The van der Waals surface area contributed by atoms with Crippen molar-refractivity contribution in [2.45, 2.75) is 142 Å². The van der Waals surface area contributed by atoms with Crippen LogP contribution in [0.2, 0.25) is 0 Å². The molecule has 1 saturated heterocycles. The van der Waals surface area contributed by atoms with Crippen molar-refractivity contribution < 1.29 is 14.2 Å². The number of hydrogen-bond donors (Lipinski definition) is 0. The van der Waals surface area contributed by atoms with Crippen LogP contribution in [0, 0.1) is 17.8 Å². The Labute approximate surface area is 266 Å². The molecule has 2 aromatic rings. The molecule has 2 aliphatic heterocycles. The Morgan fingerprint density at radius 1 is 1.05 bits per heavy atom. The van der Waals surface area contributed by atoms with E-state index in [1.54, 1.807) is 0 Å². The number of aryl methyl sites for hydroxylation is 1. The van der Waals surface area contributed by atoms with Crippen LogP contribution in [0.3, 0.4) is 0 Å². The number of pyridine rings is 1. The molecule has 0 saturated carbocycles. The van der Waals surface area contributed by atoms with Gasteiger partial charge in [0.15, 0.2) is 0 Å². The van der Waals surface area contributed by atoms with Crippen molar-refractivity contribution in [2.75, 3.05) is 13.2 Å². The van der Waals surface area contributed by atoms with Gasteiger partial charge in [0.25, 0.3) is 0 Å². The summed E-state index contributed by atoms with van der Waals surface area (Å²) >= 11 is 4.41. The van der Waals surface area contributed by atoms with Crippen molar-refractivity contribution in [3.8, 4) is 0 Å². The Kier molecular flexibility index (Phi) is 8.36. The summed E-state index contributed by atoms with van der Waals surface area (Å²) in [6.07, 6.45) is 2.60. The monoisotopic (exact) mass is 694 g/mol. The topological polar surface area (TPSA) is 53.5 Å². The quantitative estimate of drug-likeness (QED) is 0.236. The lowest BCUT2D eigenvalue weighted by molar-refractivity contribution is -0.115. The van der Waals surface area contributed by atoms with E-state index in [0.29, 0.717) is 13.2 Å². The van der Waals surface area contributed by atoms with Crippen LogP contribution in [0.4, 0.5) is 0 Å². The maximum Gasteiger partial charge on any atom is 0.137 e. The molecule has 1 aliphatic carbocycles. The molecule has 228 valence electrons. The van der Waals surface area contributed by atoms with Gasteiger partial charge in [-0.05, 0) is 48.9 Å². The van der Waals surface area contributed by atoms with Gasteiger partial charge in [-0.15, -0.1) is 11.3 Å². The normalized spacial score (nSPS) is 28.7. The Morgan fingerprint density at radius 2 is 1.73 bits per heavy atom. The number of aromatic nitrogens is 2. The number of nitrogens with zero attached hydrogens (tertiary/aromatic N) is 2. The number of halogens is 1. The molecule has 7 heteroatoms. The molecule has 0 bridgehead atoms. The molecule has 4 unspecified atom stereocenters. The smallest absolute Gasteiger partial charge is 0.137 e. The minimum atomic E-state index is -0.453. The Morgan fingerprint density at radius 3 is 2.29 bits per heavy atom. The summed E-state index contributed by atoms with van der Waals surface area (Å²) in [6.45, 7) is 28.7. The fourth-order valence-corrected chi connectivity index (χ4v) is 9.05. The molecule has 0 aromatic carbocycles. The minimum Gasteiger partial charge on any atom is -0.380 e. The first-order valence-corrected chi connectivity index (χ1v) is 17.5. The molecule has 1 spiro atoms. The van der Waals surface area contributed by atoms with E-state index in [1.165, 1.54) is 33.0 Å². The number of rotatable bonds is 4. The number of thiazole rings is 1. The van der Waals surface area contributed by atoms with Crippen LogP contribution in [0.1, 0.15) is 151 Å². The van der Waals surface area contributed by atoms with Crippen LogP contribution in [-0.2, 0) is 31.6 Å². The van der Waals surface area contributed by atoms with E-state index in [9.17, 15) is 0 Å². The second-order valence-corrected chi connectivity index (χ2v) is 18.4. The van der Waals surface area contributed by atoms with Crippen molar-refractivity contribution in [3.63, 3.8) is 0 Å². The molecule has 2 aromatic heterocycles. The van der Waals surface area contributed by atoms with E-state index >= 15 is 0 Å². The summed E-state index contributed by atoms with van der Waals surface area (Å²) in [5.41, 5.74) is 7.12. The molecule has 1 fully saturated rings. The van der Waals surface area contributed by atoms with E-state index in [-0.39, 0.29) is 44.4 Å². The molecule has 3 aliphatic rings. The highest BCUT2D eigenvalue weighted by molar-refractivity contribution is 14.1. The van der Waals surface area contributed by atoms with Crippen LogP contribution in [0.15, 0.2) is 0 Å². The predicted octanol–water partition coefficient (Wildman–Crippen LogP) is 9.27. The second-order valence-electron chi connectivity index (χ2n) is 15.9. The summed E-state index contributed by atoms with van der Waals surface area (Å²) in [6, 6.07) is 0. The van der Waals surface area contributed by atoms with Crippen LogP contribution < -0.4 is 0 Å². The first kappa shape index (κ1) is 31.8. The summed E-state index contributed by atoms with van der Waals surface area (Å²) in [5, 5.41) is 1.06. The standard InChI is InChI=1S/C34H51IN2O3S/c1-18(2)27-25-26(24-21(37-27)15-33(11,12)16-22(24)39-20(4)31(5,6)7)34(13-14-38-17-23(34)35)40-28(25)30-36-19(3)29(41-30)32(8,9)10/h18,20,22-23,28H,13-17H2,1-12H3/t20?,22?,23?,28-,34?/m0/s1. The molecule has 41 heavy (non-hydrogen) atoms. The highest BCUT2D eigenvalue weighted by atomic mass is 127. The molecule has 0 amide bonds. The lowest BCUT2D eigenvalue weighted by Gasteiger charge is -2.44. The Bertz CT molecular complexity index is 1300. The average Bonchev–Trinajstić information content (AvgIpc) is 3.38. The third kappa shape index (κ3) is 5.69. The number of ether oxygens (including phenoxy) is 3. The van der Waals surface area contributed by atoms with Gasteiger partial charge in [0, 0.05) is 46.0 Å². The lowest BCUT2D eigenvalue weighted by atomic mass is 9.69. The van der Waals surface area contributed by atoms with E-state index < -0.39 is 5.60 Å². The van der Waals surface area contributed by atoms with Crippen molar-refractivity contribution >= 4 is 33.9 Å². The number of fused-ring (bicyclic) bond motifs is 4. The average molecular weight is 695 g/mol. The molecule has 0 N–H and O–H groups in total. The highest BCUT2D eigenvalue weighted by Gasteiger charge is 2.57. The van der Waals surface area contributed by atoms with Gasteiger partial charge in [0.05, 0.1) is 28.4 Å². The van der Waals surface area contributed by atoms with Gasteiger partial charge in [-0.2, -0.15) is 0 Å². The Balaban J connectivity index is 1.80. The summed E-state index contributed by atoms with van der Waals surface area (Å²) in [7, 11) is 0. The van der Waals surface area contributed by atoms with Crippen molar-refractivity contribution in [1.29, 1.82) is 0 Å². The maximum atomic E-state index is 7.43. The first-order chi connectivity index (χ1) is 18.9. The minimum absolute atomic E-state index is 0.0284. The molecule has 4 heterocycles. The predicted molar refractivity (Wildman–Crippen MR) is 177 cm³/mol. The Hall–Kier alpha value is -0.610. The van der Waals surface area contributed by atoms with Gasteiger partial charge < -0.3 is 14.2 Å². The van der Waals surface area contributed by atoms with Crippen molar-refractivity contribution in [1.82, 2.24) is 9.97 Å². The number of alkyl halides is 1. The molecular formula is C34H51IN2O3S. The third-order valence-corrected chi connectivity index (χ3v) is 12.3. The van der Waals surface area contributed by atoms with E-state index in [1.807, 2.05) is 11.3 Å². The van der Waals surface area contributed by atoms with Crippen molar-refractivity contribution in [3.05, 3.63) is 43.7 Å². The van der Waals surface area contributed by atoms with Gasteiger partial charge in [-0.25, -0.2) is 4.98 Å². The summed E-state index contributed by atoms with van der Waals surface area (Å²) in [4.78, 5) is 12.1. The maximum absolute atomic E-state index is 7.43. The molecular weight excluding hydrogens is 643 g/mol. The lowest BCUT2D eigenvalue weighted by Crippen LogP contribution is -2.45. The van der Waals surface area contributed by atoms with Crippen LogP contribution in [-0.4, -0.2) is 33.2 Å². The zero-order valence-electron chi connectivity index (χ0n) is 27.3. The zero-order valence-corrected chi connectivity index (χ0v) is 30.3. The summed E-state index contributed by atoms with van der Waals surface area (Å²) < 4.78 is 20.7. The van der Waals surface area contributed by atoms with Crippen LogP contribution in [0.5, 0.6) is 0 Å². The van der Waals surface area contributed by atoms with Gasteiger partial charge in [-0.1, -0.05) is 91.8 Å². The number of hydrogen-bond acceptors (Lipinski definition) is 6. The molecule has 5 nitrogen and oxygen atoms in total. The third-order valence-electron chi connectivity index (χ3n) is 9.34. The zero-order chi connectivity index (χ0) is 30.3. The summed E-state index contributed by atoms with van der Waals surface area (Å²) in [5.74, 6) is 0.267. The van der Waals surface area contributed by atoms with E-state index in [4.69, 9.17) is 24.2 Å². The van der Waals surface area contributed by atoms with E-state index in [2.05, 4.69) is 106 Å². The van der Waals surface area contributed by atoms with Crippen LogP contribution in [0.25, 0.3) is 0 Å². The first-order valence-electron chi connectivity index (χ1n) is 15.5. The largest absolute Gasteiger partial charge is 0.380 e. The molecule has 5 atom stereocenters.